The van der Waals surface area contributed by atoms with Crippen molar-refractivity contribution in [2.24, 2.45) is 0 Å². The van der Waals surface area contributed by atoms with Gasteiger partial charge in [-0.15, -0.1) is 0 Å². The van der Waals surface area contributed by atoms with Crippen LogP contribution in [-0.4, -0.2) is 41.1 Å². The van der Waals surface area contributed by atoms with Crippen molar-refractivity contribution in [1.29, 1.82) is 5.26 Å². The number of nitrogens with zero attached hydrogens (tertiary/aromatic N) is 3. The number of hydrogen-bond donors (Lipinski definition) is 1. The Balaban J connectivity index is 2.11. The number of ether oxygens (including phenoxy) is 1. The summed E-state index contributed by atoms with van der Waals surface area (Å²) in [7, 11) is 0. The summed E-state index contributed by atoms with van der Waals surface area (Å²) in [4.78, 5) is 40.5. The van der Waals surface area contributed by atoms with Crippen molar-refractivity contribution in [3.05, 3.63) is 59.2 Å². The molecule has 3 amide bonds. The van der Waals surface area contributed by atoms with Crippen LogP contribution in [0.15, 0.2) is 42.5 Å². The molecular formula is C23H20F3N3O5. The second-order valence-corrected chi connectivity index (χ2v) is 7.59. The number of imide groups is 1. The van der Waals surface area contributed by atoms with E-state index in [9.17, 15) is 32.7 Å². The maximum atomic E-state index is 13.6. The minimum atomic E-state index is -4.89. The standard InChI is InChI=1S/C23H20F3N3O5/c1-3-34-19(31)10-11-28-21(33)29(16-7-4-14(13-27)18(12-16)23(24,25)26)20(32)22(28,2)15-5-8-17(30)9-6-15/h4-9,12,30H,3,10-11H2,1-2H3. The maximum Gasteiger partial charge on any atom is 0.417 e. The van der Waals surface area contributed by atoms with Crippen molar-refractivity contribution in [2.45, 2.75) is 32.0 Å². The molecule has 0 radical (unpaired) electrons. The first kappa shape index (κ1) is 24.6. The number of carbonyl (C=O) groups excluding carboxylic acids is 3. The number of phenolic OH excluding ortho intramolecular Hbond substituents is 1. The van der Waals surface area contributed by atoms with Crippen LogP contribution < -0.4 is 4.90 Å². The van der Waals surface area contributed by atoms with E-state index in [1.54, 1.807) is 6.92 Å². The number of anilines is 1. The number of phenols is 1. The quantitative estimate of drug-likeness (QED) is 0.501. The molecule has 1 fully saturated rings. The first-order valence-electron chi connectivity index (χ1n) is 10.2. The fraction of sp³-hybridized carbons (Fsp3) is 0.304. The predicted octanol–water partition coefficient (Wildman–Crippen LogP) is 3.92. The number of esters is 1. The van der Waals surface area contributed by atoms with Gasteiger partial charge in [0.25, 0.3) is 5.91 Å². The molecule has 0 spiro atoms. The molecule has 34 heavy (non-hydrogen) atoms. The van der Waals surface area contributed by atoms with Gasteiger partial charge in [0.05, 0.1) is 35.9 Å². The molecule has 2 aromatic rings. The average molecular weight is 475 g/mol. The molecule has 1 atom stereocenters. The van der Waals surface area contributed by atoms with Gasteiger partial charge in [0.1, 0.15) is 11.3 Å². The molecule has 1 aliphatic heterocycles. The topological polar surface area (TPSA) is 111 Å². The van der Waals surface area contributed by atoms with E-state index in [1.807, 2.05) is 0 Å². The number of amides is 3. The molecular weight excluding hydrogens is 455 g/mol. The highest BCUT2D eigenvalue weighted by atomic mass is 19.4. The van der Waals surface area contributed by atoms with Crippen LogP contribution in [0.5, 0.6) is 5.75 Å². The third-order valence-electron chi connectivity index (χ3n) is 5.54. The lowest BCUT2D eigenvalue weighted by atomic mass is 9.90. The Hall–Kier alpha value is -4.07. The summed E-state index contributed by atoms with van der Waals surface area (Å²) in [5, 5.41) is 18.7. The minimum absolute atomic E-state index is 0.0963. The predicted molar refractivity (Wildman–Crippen MR) is 112 cm³/mol. The Morgan fingerprint density at radius 2 is 1.82 bits per heavy atom. The van der Waals surface area contributed by atoms with Gasteiger partial charge in [-0.05, 0) is 49.7 Å². The van der Waals surface area contributed by atoms with Crippen LogP contribution in [0.3, 0.4) is 0 Å². The van der Waals surface area contributed by atoms with Crippen molar-refractivity contribution in [3.63, 3.8) is 0 Å². The molecule has 2 aromatic carbocycles. The number of carbonyl (C=O) groups is 3. The van der Waals surface area contributed by atoms with Gasteiger partial charge in [-0.1, -0.05) is 12.1 Å². The lowest BCUT2D eigenvalue weighted by Gasteiger charge is -2.32. The maximum absolute atomic E-state index is 13.6. The molecule has 3 rings (SSSR count). The SMILES string of the molecule is CCOC(=O)CCN1C(=O)N(c2ccc(C#N)c(C(F)(F)F)c2)C(=O)C1(C)c1ccc(O)cc1. The number of halogens is 3. The molecule has 0 bridgehead atoms. The van der Waals surface area contributed by atoms with Crippen LogP contribution in [0.2, 0.25) is 0 Å². The van der Waals surface area contributed by atoms with E-state index in [0.29, 0.717) is 11.0 Å². The number of rotatable bonds is 6. The van der Waals surface area contributed by atoms with E-state index in [4.69, 9.17) is 10.00 Å². The fourth-order valence-corrected chi connectivity index (χ4v) is 3.78. The summed E-state index contributed by atoms with van der Waals surface area (Å²) in [5.74, 6) is -1.57. The Bertz CT molecular complexity index is 1170. The van der Waals surface area contributed by atoms with Gasteiger partial charge in [-0.2, -0.15) is 18.4 Å². The van der Waals surface area contributed by atoms with Crippen molar-refractivity contribution in [2.75, 3.05) is 18.1 Å². The molecule has 178 valence electrons. The van der Waals surface area contributed by atoms with E-state index in [0.717, 1.165) is 17.0 Å². The van der Waals surface area contributed by atoms with Crippen LogP contribution in [-0.2, 0) is 26.0 Å². The number of hydrogen-bond acceptors (Lipinski definition) is 6. The Labute approximate surface area is 192 Å². The zero-order valence-corrected chi connectivity index (χ0v) is 18.2. The number of alkyl halides is 3. The van der Waals surface area contributed by atoms with Crippen molar-refractivity contribution >= 4 is 23.6 Å². The van der Waals surface area contributed by atoms with Gasteiger partial charge in [0, 0.05) is 6.54 Å². The number of benzene rings is 2. The Kier molecular flexibility index (Phi) is 6.54. The summed E-state index contributed by atoms with van der Waals surface area (Å²) >= 11 is 0. The lowest BCUT2D eigenvalue weighted by Crippen LogP contribution is -2.45. The summed E-state index contributed by atoms with van der Waals surface area (Å²) in [5.41, 5.74) is -3.73. The van der Waals surface area contributed by atoms with Gasteiger partial charge >= 0.3 is 18.2 Å². The van der Waals surface area contributed by atoms with Crippen molar-refractivity contribution in [3.8, 4) is 11.8 Å². The van der Waals surface area contributed by atoms with Crippen LogP contribution in [0, 0.1) is 11.3 Å². The molecule has 1 N–H and O–H groups in total. The van der Waals surface area contributed by atoms with E-state index in [1.165, 1.54) is 37.3 Å². The molecule has 0 saturated carbocycles. The van der Waals surface area contributed by atoms with Crippen LogP contribution in [0.25, 0.3) is 0 Å². The summed E-state index contributed by atoms with van der Waals surface area (Å²) in [6, 6.07) is 8.45. The molecule has 0 aliphatic carbocycles. The average Bonchev–Trinajstić information content (AvgIpc) is 2.97. The number of urea groups is 1. The van der Waals surface area contributed by atoms with Crippen LogP contribution in [0.1, 0.15) is 37.0 Å². The second kappa shape index (κ2) is 9.05. The highest BCUT2D eigenvalue weighted by Crippen LogP contribution is 2.42. The van der Waals surface area contributed by atoms with Crippen LogP contribution in [0.4, 0.5) is 23.7 Å². The zero-order valence-electron chi connectivity index (χ0n) is 18.2. The summed E-state index contributed by atoms with van der Waals surface area (Å²) in [6.07, 6.45) is -5.15. The van der Waals surface area contributed by atoms with Crippen LogP contribution >= 0.6 is 0 Å². The van der Waals surface area contributed by atoms with Gasteiger partial charge < -0.3 is 14.7 Å². The molecule has 11 heteroatoms. The van der Waals surface area contributed by atoms with E-state index in [2.05, 4.69) is 0 Å². The van der Waals surface area contributed by atoms with E-state index < -0.39 is 40.7 Å². The normalized spacial score (nSPS) is 18.2. The Morgan fingerprint density at radius 1 is 1.18 bits per heavy atom. The van der Waals surface area contributed by atoms with E-state index >= 15 is 0 Å². The molecule has 0 aromatic heterocycles. The highest BCUT2D eigenvalue weighted by Gasteiger charge is 2.56. The molecule has 1 saturated heterocycles. The van der Waals surface area contributed by atoms with Crippen molar-refractivity contribution < 1.29 is 37.4 Å². The zero-order chi connectivity index (χ0) is 25.3. The third kappa shape index (κ3) is 4.26. The fourth-order valence-electron chi connectivity index (χ4n) is 3.78. The minimum Gasteiger partial charge on any atom is -0.508 e. The Morgan fingerprint density at radius 3 is 2.38 bits per heavy atom. The summed E-state index contributed by atoms with van der Waals surface area (Å²) < 4.78 is 45.3. The third-order valence-corrected chi connectivity index (χ3v) is 5.54. The second-order valence-electron chi connectivity index (χ2n) is 7.59. The van der Waals surface area contributed by atoms with Gasteiger partial charge in [-0.3, -0.25) is 9.59 Å². The largest absolute Gasteiger partial charge is 0.508 e. The van der Waals surface area contributed by atoms with Gasteiger partial charge in [0.15, 0.2) is 0 Å². The first-order valence-corrected chi connectivity index (χ1v) is 10.2. The van der Waals surface area contributed by atoms with E-state index in [-0.39, 0.29) is 36.6 Å². The summed E-state index contributed by atoms with van der Waals surface area (Å²) in [6.45, 7) is 2.87. The van der Waals surface area contributed by atoms with Crippen molar-refractivity contribution in [1.82, 2.24) is 4.90 Å². The molecule has 1 aliphatic rings. The monoisotopic (exact) mass is 475 g/mol. The number of nitriles is 1. The highest BCUT2D eigenvalue weighted by molar-refractivity contribution is 6.23. The molecule has 8 nitrogen and oxygen atoms in total. The smallest absolute Gasteiger partial charge is 0.417 e. The molecule has 1 heterocycles. The molecule has 1 unspecified atom stereocenters. The van der Waals surface area contributed by atoms with Gasteiger partial charge in [-0.25, -0.2) is 9.69 Å². The lowest BCUT2D eigenvalue weighted by molar-refractivity contribution is -0.144. The number of aromatic hydroxyl groups is 1. The van der Waals surface area contributed by atoms with Gasteiger partial charge in [0.2, 0.25) is 0 Å². The first-order chi connectivity index (χ1) is 15.9.